The highest BCUT2D eigenvalue weighted by molar-refractivity contribution is 14.1. The second kappa shape index (κ2) is 9.54. The van der Waals surface area contributed by atoms with Crippen LogP contribution in [0.2, 0.25) is 0 Å². The van der Waals surface area contributed by atoms with Crippen molar-refractivity contribution < 1.29 is 24.1 Å². The van der Waals surface area contributed by atoms with E-state index in [1.807, 2.05) is 28.7 Å². The molecule has 0 amide bonds. The number of anilines is 2. The van der Waals surface area contributed by atoms with E-state index in [0.29, 0.717) is 3.57 Å². The van der Waals surface area contributed by atoms with Gasteiger partial charge >= 0.3 is 0 Å². The van der Waals surface area contributed by atoms with Crippen molar-refractivity contribution in [3.05, 3.63) is 51.0 Å². The lowest BCUT2D eigenvalue weighted by Gasteiger charge is -2.12. The minimum atomic E-state index is -1.08. The minimum absolute atomic E-state index is 0.0282. The van der Waals surface area contributed by atoms with Crippen LogP contribution in [0.5, 0.6) is 0 Å². The Morgan fingerprint density at radius 1 is 1.42 bits per heavy atom. The third kappa shape index (κ3) is 5.43. The Morgan fingerprint density at radius 2 is 2.19 bits per heavy atom. The lowest BCUT2D eigenvalue weighted by molar-refractivity contribution is 0.00898. The molecule has 0 saturated heterocycles. The first-order valence-corrected chi connectivity index (χ1v) is 8.55. The average molecular weight is 471 g/mol. The van der Waals surface area contributed by atoms with Gasteiger partial charge in [-0.2, -0.15) is 5.26 Å². The second-order valence-electron chi connectivity index (χ2n) is 5.23. The fraction of sp³-hybridized carbons (Fsp3) is 0.235. The molecule has 0 fully saturated rings. The van der Waals surface area contributed by atoms with Gasteiger partial charge in [0.2, 0.25) is 0 Å². The van der Waals surface area contributed by atoms with Crippen LogP contribution in [0.25, 0.3) is 0 Å². The summed E-state index contributed by atoms with van der Waals surface area (Å²) in [6.07, 6.45) is -1.08. The number of aliphatic hydroxyl groups excluding tert-OH is 2. The van der Waals surface area contributed by atoms with Crippen LogP contribution in [0, 0.1) is 20.7 Å². The van der Waals surface area contributed by atoms with Crippen molar-refractivity contribution in [3.63, 3.8) is 0 Å². The number of hydrogen-bond acceptors (Lipinski definition) is 7. The Balaban J connectivity index is 2.23. The SMILES string of the molecule is N#Cc1ccc(C(=O)COCC(O)CO)c(Nc2ccc(I)cc2F)n1. The molecule has 0 aliphatic heterocycles. The number of aliphatic hydroxyl groups is 2. The number of carbonyl (C=O) groups excluding carboxylic acids is 1. The first-order valence-electron chi connectivity index (χ1n) is 7.47. The molecule has 1 atom stereocenters. The number of ketones is 1. The Kier molecular flexibility index (Phi) is 7.40. The quantitative estimate of drug-likeness (QED) is 0.399. The summed E-state index contributed by atoms with van der Waals surface area (Å²) in [5.41, 5.74) is 0.283. The average Bonchev–Trinajstić information content (AvgIpc) is 2.63. The van der Waals surface area contributed by atoms with Gasteiger partial charge < -0.3 is 20.3 Å². The van der Waals surface area contributed by atoms with E-state index in [1.165, 1.54) is 24.3 Å². The summed E-state index contributed by atoms with van der Waals surface area (Å²) in [6, 6.07) is 9.12. The molecule has 0 aliphatic carbocycles. The molecule has 26 heavy (non-hydrogen) atoms. The van der Waals surface area contributed by atoms with Gasteiger partial charge in [0, 0.05) is 3.57 Å². The van der Waals surface area contributed by atoms with Gasteiger partial charge in [-0.05, 0) is 52.9 Å². The minimum Gasteiger partial charge on any atom is -0.394 e. The normalized spacial score (nSPS) is 11.7. The molecule has 0 aliphatic rings. The van der Waals surface area contributed by atoms with Crippen molar-refractivity contribution in [1.29, 1.82) is 5.26 Å². The third-order valence-corrected chi connectivity index (χ3v) is 3.92. The number of nitrogens with zero attached hydrogens (tertiary/aromatic N) is 2. The maximum Gasteiger partial charge on any atom is 0.192 e. The zero-order valence-corrected chi connectivity index (χ0v) is 15.6. The first-order chi connectivity index (χ1) is 12.4. The zero-order valence-electron chi connectivity index (χ0n) is 13.4. The first kappa shape index (κ1) is 20.2. The Bertz CT molecular complexity index is 841. The number of halogens is 2. The molecule has 9 heteroatoms. The van der Waals surface area contributed by atoms with Gasteiger partial charge in [-0.3, -0.25) is 4.79 Å². The van der Waals surface area contributed by atoms with Gasteiger partial charge in [-0.25, -0.2) is 9.37 Å². The Morgan fingerprint density at radius 3 is 2.85 bits per heavy atom. The summed E-state index contributed by atoms with van der Waals surface area (Å²) in [5, 5.41) is 29.7. The molecule has 7 nitrogen and oxygen atoms in total. The number of benzene rings is 1. The molecule has 0 spiro atoms. The van der Waals surface area contributed by atoms with Crippen molar-refractivity contribution in [3.8, 4) is 6.07 Å². The van der Waals surface area contributed by atoms with Gasteiger partial charge in [0.15, 0.2) is 5.78 Å². The van der Waals surface area contributed by atoms with Crippen molar-refractivity contribution >= 4 is 39.9 Å². The van der Waals surface area contributed by atoms with Gasteiger partial charge in [0.05, 0.1) is 24.5 Å². The van der Waals surface area contributed by atoms with Crippen LogP contribution < -0.4 is 5.32 Å². The number of aromatic nitrogens is 1. The molecule has 2 rings (SSSR count). The van der Waals surface area contributed by atoms with E-state index in [2.05, 4.69) is 10.3 Å². The number of Topliss-reactive ketones (excluding diaryl/α,β-unsaturated/α-hetero) is 1. The summed E-state index contributed by atoms with van der Waals surface area (Å²) < 4.78 is 19.8. The van der Waals surface area contributed by atoms with Crippen LogP contribution in [0.1, 0.15) is 16.1 Å². The molecule has 0 radical (unpaired) electrons. The number of nitriles is 1. The van der Waals surface area contributed by atoms with Crippen LogP contribution in [0.3, 0.4) is 0 Å². The van der Waals surface area contributed by atoms with E-state index >= 15 is 0 Å². The molecule has 3 N–H and O–H groups in total. The number of ether oxygens (including phenoxy) is 1. The Hall–Kier alpha value is -2.13. The van der Waals surface area contributed by atoms with E-state index in [9.17, 15) is 14.3 Å². The topological polar surface area (TPSA) is 115 Å². The lowest BCUT2D eigenvalue weighted by atomic mass is 10.1. The van der Waals surface area contributed by atoms with Crippen LogP contribution in [-0.4, -0.2) is 46.9 Å². The van der Waals surface area contributed by atoms with Crippen molar-refractivity contribution in [1.82, 2.24) is 4.98 Å². The van der Waals surface area contributed by atoms with Crippen LogP contribution in [0.15, 0.2) is 30.3 Å². The molecule has 136 valence electrons. The fourth-order valence-electron chi connectivity index (χ4n) is 1.98. The van der Waals surface area contributed by atoms with Gasteiger partial charge in [-0.15, -0.1) is 0 Å². The highest BCUT2D eigenvalue weighted by Crippen LogP contribution is 2.24. The van der Waals surface area contributed by atoms with E-state index in [0.717, 1.165) is 0 Å². The molecule has 1 aromatic carbocycles. The van der Waals surface area contributed by atoms with Gasteiger partial charge in [0.25, 0.3) is 0 Å². The lowest BCUT2D eigenvalue weighted by Crippen LogP contribution is -2.22. The standard InChI is InChI=1S/C17H15FIN3O4/c18-14-5-10(19)1-4-15(14)22-17-13(3-2-11(6-20)21-17)16(25)9-26-8-12(24)7-23/h1-5,12,23-24H,7-9H2,(H,21,22). The van der Waals surface area contributed by atoms with E-state index in [1.54, 1.807) is 6.07 Å². The number of rotatable bonds is 8. The van der Waals surface area contributed by atoms with Crippen LogP contribution in [-0.2, 0) is 4.74 Å². The maximum absolute atomic E-state index is 14.1. The van der Waals surface area contributed by atoms with Crippen molar-refractivity contribution in [2.45, 2.75) is 6.10 Å². The summed E-state index contributed by atoms with van der Waals surface area (Å²) in [7, 11) is 0. The monoisotopic (exact) mass is 471 g/mol. The summed E-state index contributed by atoms with van der Waals surface area (Å²) in [5.74, 6) is -0.970. The summed E-state index contributed by atoms with van der Waals surface area (Å²) in [6.45, 7) is -1.06. The number of carbonyl (C=O) groups is 1. The van der Waals surface area contributed by atoms with Gasteiger partial charge in [0.1, 0.15) is 36.1 Å². The number of pyridine rings is 1. The maximum atomic E-state index is 14.1. The zero-order chi connectivity index (χ0) is 19.1. The molecular weight excluding hydrogens is 456 g/mol. The fourth-order valence-corrected chi connectivity index (χ4v) is 2.43. The van der Waals surface area contributed by atoms with Gasteiger partial charge in [-0.1, -0.05) is 0 Å². The van der Waals surface area contributed by atoms with E-state index < -0.39 is 24.3 Å². The smallest absolute Gasteiger partial charge is 0.192 e. The van der Waals surface area contributed by atoms with Crippen molar-refractivity contribution in [2.75, 3.05) is 25.1 Å². The molecule has 0 bridgehead atoms. The molecule has 1 heterocycles. The molecule has 0 saturated carbocycles. The third-order valence-electron chi connectivity index (χ3n) is 3.25. The molecule has 1 aromatic heterocycles. The highest BCUT2D eigenvalue weighted by atomic mass is 127. The Labute approximate surface area is 162 Å². The summed E-state index contributed by atoms with van der Waals surface area (Å²) in [4.78, 5) is 16.4. The molecule has 1 unspecified atom stereocenters. The van der Waals surface area contributed by atoms with Crippen LogP contribution in [0.4, 0.5) is 15.9 Å². The highest BCUT2D eigenvalue weighted by Gasteiger charge is 2.16. The molecular formula is C17H15FIN3O4. The predicted octanol–water partition coefficient (Wildman–Crippen LogP) is 1.99. The number of hydrogen-bond donors (Lipinski definition) is 3. The van der Waals surface area contributed by atoms with Crippen molar-refractivity contribution in [2.24, 2.45) is 0 Å². The largest absolute Gasteiger partial charge is 0.394 e. The van der Waals surface area contributed by atoms with Crippen LogP contribution >= 0.6 is 22.6 Å². The summed E-state index contributed by atoms with van der Waals surface area (Å²) >= 11 is 1.97. The van der Waals surface area contributed by atoms with E-state index in [-0.39, 0.29) is 36.0 Å². The second-order valence-corrected chi connectivity index (χ2v) is 6.47. The molecule has 2 aromatic rings. The predicted molar refractivity (Wildman–Crippen MR) is 99.6 cm³/mol. The number of nitrogens with one attached hydrogen (secondary N) is 1. The van der Waals surface area contributed by atoms with E-state index in [4.69, 9.17) is 15.1 Å².